The maximum atomic E-state index is 14.3. The first-order valence-corrected chi connectivity index (χ1v) is 15.7. The third-order valence-corrected chi connectivity index (χ3v) is 9.95. The van der Waals surface area contributed by atoms with Gasteiger partial charge in [0.1, 0.15) is 27.4 Å². The highest BCUT2D eigenvalue weighted by Crippen LogP contribution is 2.48. The van der Waals surface area contributed by atoms with E-state index in [0.29, 0.717) is 41.4 Å². The van der Waals surface area contributed by atoms with Gasteiger partial charge in [-0.2, -0.15) is 4.98 Å². The fraction of sp³-hybridized carbons (Fsp3) is 0.469. The molecule has 0 spiro atoms. The first-order valence-electron chi connectivity index (χ1n) is 15.0. The average molecular weight is 626 g/mol. The number of benzene rings is 2. The van der Waals surface area contributed by atoms with Gasteiger partial charge >= 0.3 is 6.03 Å². The predicted molar refractivity (Wildman–Crippen MR) is 170 cm³/mol. The second kappa shape index (κ2) is 12.8. The van der Waals surface area contributed by atoms with Crippen molar-refractivity contribution in [3.63, 3.8) is 0 Å². The van der Waals surface area contributed by atoms with E-state index in [1.807, 2.05) is 30.3 Å². The Labute approximate surface area is 262 Å². The monoisotopic (exact) mass is 624 g/mol. The van der Waals surface area contributed by atoms with Crippen molar-refractivity contribution in [2.24, 2.45) is 17.6 Å². The lowest BCUT2D eigenvalue weighted by Gasteiger charge is -2.38. The summed E-state index contributed by atoms with van der Waals surface area (Å²) in [5.41, 5.74) is 8.61. The summed E-state index contributed by atoms with van der Waals surface area (Å²) in [7, 11) is 3.01. The van der Waals surface area contributed by atoms with Crippen LogP contribution in [0.2, 0.25) is 10.0 Å². The number of amides is 2. The number of carbonyl (C=O) groups excluding carboxylic acids is 1. The predicted octanol–water partition coefficient (Wildman–Crippen LogP) is 7.05. The van der Waals surface area contributed by atoms with Crippen LogP contribution in [0.1, 0.15) is 56.1 Å². The van der Waals surface area contributed by atoms with E-state index in [1.165, 1.54) is 51.2 Å². The minimum Gasteiger partial charge on any atom is -0.495 e. The lowest BCUT2D eigenvalue weighted by molar-refractivity contribution is 0.222. The molecule has 43 heavy (non-hydrogen) atoms. The fourth-order valence-corrected chi connectivity index (χ4v) is 7.60. The zero-order chi connectivity index (χ0) is 30.1. The molecule has 1 aromatic heterocycles. The van der Waals surface area contributed by atoms with Crippen LogP contribution in [0.5, 0.6) is 11.5 Å². The number of urea groups is 1. The molecule has 3 aliphatic rings. The minimum absolute atomic E-state index is 0.0298. The molecule has 1 aliphatic heterocycles. The van der Waals surface area contributed by atoms with Crippen LogP contribution in [0.25, 0.3) is 0 Å². The normalized spacial score (nSPS) is 22.4. The summed E-state index contributed by atoms with van der Waals surface area (Å²) >= 11 is 13.5. The van der Waals surface area contributed by atoms with Crippen LogP contribution in [0.4, 0.5) is 22.2 Å². The van der Waals surface area contributed by atoms with Crippen LogP contribution >= 0.6 is 23.2 Å². The summed E-state index contributed by atoms with van der Waals surface area (Å²) in [6, 6.07) is 11.2. The minimum atomic E-state index is -0.323. The standard InChI is InChI=1S/C32H38Cl2N6O3/c1-42-25-15-26(43-2)28(34)29(27(25)33)39-18-22-16-36-31(37-24-14-21(12-13-23(24)35)20-10-6-7-11-20)38-30(22)40(32(39)41)17-19-8-4-3-5-9-19/h3-5,8-9,15-16,20-21,23-24H,6-7,10-14,17-18,35H2,1-2H3,(H,36,37,38)/t21?,23-,24+/m0/s1. The van der Waals surface area contributed by atoms with Gasteiger partial charge in [0.2, 0.25) is 5.95 Å². The summed E-state index contributed by atoms with van der Waals surface area (Å²) in [4.78, 5) is 27.1. The number of methoxy groups -OCH3 is 2. The molecule has 1 unspecified atom stereocenters. The van der Waals surface area contributed by atoms with E-state index in [2.05, 4.69) is 5.32 Å². The van der Waals surface area contributed by atoms with Crippen molar-refractivity contribution < 1.29 is 14.3 Å². The second-order valence-electron chi connectivity index (χ2n) is 11.8. The van der Waals surface area contributed by atoms with Gasteiger partial charge in [-0.3, -0.25) is 9.80 Å². The molecule has 3 aromatic rings. The van der Waals surface area contributed by atoms with Gasteiger partial charge in [-0.15, -0.1) is 0 Å². The van der Waals surface area contributed by atoms with E-state index in [4.69, 9.17) is 48.4 Å². The van der Waals surface area contributed by atoms with Crippen molar-refractivity contribution in [1.82, 2.24) is 9.97 Å². The summed E-state index contributed by atoms with van der Waals surface area (Å²) in [6.07, 6.45) is 10.3. The fourth-order valence-electron chi connectivity index (χ4n) is 6.89. The third kappa shape index (κ3) is 5.95. The van der Waals surface area contributed by atoms with Gasteiger partial charge in [0.25, 0.3) is 0 Å². The average Bonchev–Trinajstić information content (AvgIpc) is 3.56. The summed E-state index contributed by atoms with van der Waals surface area (Å²) in [5, 5.41) is 3.98. The number of halogens is 2. The Morgan fingerprint density at radius 1 is 1.00 bits per heavy atom. The van der Waals surface area contributed by atoms with Crippen LogP contribution in [-0.2, 0) is 13.1 Å². The lowest BCUT2D eigenvalue weighted by atomic mass is 9.75. The Morgan fingerprint density at radius 3 is 2.37 bits per heavy atom. The zero-order valence-electron chi connectivity index (χ0n) is 24.6. The molecule has 2 fully saturated rings. The van der Waals surface area contributed by atoms with Crippen molar-refractivity contribution in [3.8, 4) is 11.5 Å². The van der Waals surface area contributed by atoms with Crippen LogP contribution < -0.4 is 30.3 Å². The molecule has 2 aliphatic carbocycles. The molecule has 2 aromatic carbocycles. The summed E-state index contributed by atoms with van der Waals surface area (Å²) < 4.78 is 10.9. The van der Waals surface area contributed by atoms with Crippen molar-refractivity contribution >= 4 is 46.7 Å². The molecule has 3 atom stereocenters. The number of fused-ring (bicyclic) bond motifs is 1. The van der Waals surface area contributed by atoms with E-state index < -0.39 is 0 Å². The van der Waals surface area contributed by atoms with Gasteiger partial charge < -0.3 is 20.5 Å². The van der Waals surface area contributed by atoms with E-state index in [0.717, 1.165) is 29.9 Å². The molecule has 11 heteroatoms. The molecule has 9 nitrogen and oxygen atoms in total. The maximum absolute atomic E-state index is 14.3. The highest BCUT2D eigenvalue weighted by molar-refractivity contribution is 6.42. The van der Waals surface area contributed by atoms with Crippen molar-refractivity contribution in [1.29, 1.82) is 0 Å². The smallest absolute Gasteiger partial charge is 0.330 e. The molecule has 0 bridgehead atoms. The SMILES string of the molecule is COc1cc(OC)c(Cl)c(N2Cc3cnc(N[C@@H]4CC(C5CCCC5)CC[C@@H]4N)nc3N(Cc3ccccc3)C2=O)c1Cl. The van der Waals surface area contributed by atoms with Crippen LogP contribution in [-0.4, -0.2) is 42.3 Å². The van der Waals surface area contributed by atoms with E-state index in [-0.39, 0.29) is 34.7 Å². The maximum Gasteiger partial charge on any atom is 0.330 e. The number of aromatic nitrogens is 2. The van der Waals surface area contributed by atoms with E-state index in [9.17, 15) is 4.79 Å². The first kappa shape index (κ1) is 29.8. The summed E-state index contributed by atoms with van der Waals surface area (Å²) in [6.45, 7) is 0.463. The number of anilines is 3. The molecule has 2 amide bonds. The molecular weight excluding hydrogens is 587 g/mol. The molecule has 228 valence electrons. The third-order valence-electron chi connectivity index (χ3n) is 9.22. The number of nitrogens with one attached hydrogen (secondary N) is 1. The highest BCUT2D eigenvalue weighted by Gasteiger charge is 2.38. The molecule has 3 N–H and O–H groups in total. The molecule has 2 heterocycles. The van der Waals surface area contributed by atoms with Crippen molar-refractivity contribution in [3.05, 3.63) is 63.8 Å². The molecule has 0 radical (unpaired) electrons. The second-order valence-corrected chi connectivity index (χ2v) is 12.5. The molecule has 6 rings (SSSR count). The Morgan fingerprint density at radius 2 is 1.70 bits per heavy atom. The Hall–Kier alpha value is -3.27. The number of nitrogens with zero attached hydrogens (tertiary/aromatic N) is 4. The van der Waals surface area contributed by atoms with Crippen LogP contribution in [0, 0.1) is 11.8 Å². The zero-order valence-corrected chi connectivity index (χ0v) is 26.1. The topological polar surface area (TPSA) is 106 Å². The number of hydrogen-bond acceptors (Lipinski definition) is 7. The number of nitrogens with two attached hydrogens (primary N) is 1. The molecular formula is C32H38Cl2N6O3. The Bertz CT molecular complexity index is 1440. The van der Waals surface area contributed by atoms with Gasteiger partial charge in [-0.25, -0.2) is 9.78 Å². The van der Waals surface area contributed by atoms with Gasteiger partial charge in [0.05, 0.1) is 33.0 Å². The van der Waals surface area contributed by atoms with Gasteiger partial charge in [0, 0.05) is 29.9 Å². The highest BCUT2D eigenvalue weighted by atomic mass is 35.5. The molecule has 0 saturated heterocycles. The Kier molecular flexibility index (Phi) is 8.84. The largest absolute Gasteiger partial charge is 0.495 e. The first-order chi connectivity index (χ1) is 20.9. The van der Waals surface area contributed by atoms with Gasteiger partial charge in [0.15, 0.2) is 0 Å². The molecule has 2 saturated carbocycles. The van der Waals surface area contributed by atoms with Crippen LogP contribution in [0.15, 0.2) is 42.6 Å². The van der Waals surface area contributed by atoms with Crippen LogP contribution in [0.3, 0.4) is 0 Å². The number of rotatable bonds is 8. The van der Waals surface area contributed by atoms with Crippen molar-refractivity contribution in [2.75, 3.05) is 29.3 Å². The number of carbonyl (C=O) groups is 1. The lowest BCUT2D eigenvalue weighted by Crippen LogP contribution is -2.48. The summed E-state index contributed by atoms with van der Waals surface area (Å²) in [5.74, 6) is 3.19. The quantitative estimate of drug-likeness (QED) is 0.277. The van der Waals surface area contributed by atoms with E-state index in [1.54, 1.807) is 17.2 Å². The van der Waals surface area contributed by atoms with E-state index >= 15 is 0 Å². The van der Waals surface area contributed by atoms with Gasteiger partial charge in [-0.05, 0) is 36.7 Å². The van der Waals surface area contributed by atoms with Crippen molar-refractivity contribution in [2.45, 2.75) is 70.1 Å². The Balaban J connectivity index is 1.35. The number of hydrogen-bond donors (Lipinski definition) is 2. The number of ether oxygens (including phenoxy) is 2. The van der Waals surface area contributed by atoms with Gasteiger partial charge in [-0.1, -0.05) is 79.2 Å².